The first-order valence-electron chi connectivity index (χ1n) is 7.22. The standard InChI is InChI=1S/C17H20N4/c1-11(2)15-9-20-10-16-19-6-5-7-21(16)13(4)17(20)14(8-18)12(15)3/h9,16,19H,1,3-7,10H2,2H3. The third kappa shape index (κ3) is 2.01. The van der Waals surface area contributed by atoms with Gasteiger partial charge in [-0.15, -0.1) is 0 Å². The number of nitrogens with one attached hydrogen (secondary N) is 1. The van der Waals surface area contributed by atoms with E-state index in [-0.39, 0.29) is 6.17 Å². The summed E-state index contributed by atoms with van der Waals surface area (Å²) in [6, 6.07) is 2.31. The van der Waals surface area contributed by atoms with E-state index < -0.39 is 0 Å². The van der Waals surface area contributed by atoms with E-state index in [1.165, 1.54) is 0 Å². The SMILES string of the molecule is C=C(C)C1=CN2CC3NCCCN3C(=C)C2=C(C#N)C1=C. The Morgan fingerprint density at radius 1 is 1.48 bits per heavy atom. The van der Waals surface area contributed by atoms with Gasteiger partial charge in [0.05, 0.1) is 29.7 Å². The van der Waals surface area contributed by atoms with Gasteiger partial charge in [-0.3, -0.25) is 5.32 Å². The Hall–Kier alpha value is -2.25. The van der Waals surface area contributed by atoms with Gasteiger partial charge in [0.2, 0.25) is 0 Å². The fraction of sp³-hybridized carbons (Fsp3) is 0.353. The van der Waals surface area contributed by atoms with Crippen molar-refractivity contribution in [3.8, 4) is 6.07 Å². The smallest absolute Gasteiger partial charge is 0.102 e. The summed E-state index contributed by atoms with van der Waals surface area (Å²) in [7, 11) is 0. The molecule has 3 aliphatic heterocycles. The third-order valence-corrected chi connectivity index (χ3v) is 4.33. The molecule has 0 aromatic carbocycles. The normalized spacial score (nSPS) is 25.1. The van der Waals surface area contributed by atoms with Crippen LogP contribution in [0, 0.1) is 11.3 Å². The number of allylic oxidation sites excluding steroid dienone is 4. The molecule has 0 radical (unpaired) electrons. The average molecular weight is 280 g/mol. The molecule has 0 saturated carbocycles. The highest BCUT2D eigenvalue weighted by atomic mass is 15.4. The number of nitrogens with zero attached hydrogens (tertiary/aromatic N) is 3. The van der Waals surface area contributed by atoms with Crippen LogP contribution in [0.15, 0.2) is 59.6 Å². The summed E-state index contributed by atoms with van der Waals surface area (Å²) in [6.07, 6.45) is 3.40. The van der Waals surface area contributed by atoms with E-state index in [2.05, 4.69) is 47.1 Å². The zero-order chi connectivity index (χ0) is 15.1. The lowest BCUT2D eigenvalue weighted by molar-refractivity contribution is 0.119. The number of nitriles is 1. The molecule has 4 heteroatoms. The van der Waals surface area contributed by atoms with E-state index in [4.69, 9.17) is 0 Å². The lowest BCUT2D eigenvalue weighted by atomic mass is 9.89. The van der Waals surface area contributed by atoms with Crippen molar-refractivity contribution in [2.24, 2.45) is 0 Å². The fourth-order valence-corrected chi connectivity index (χ4v) is 3.25. The monoisotopic (exact) mass is 280 g/mol. The highest BCUT2D eigenvalue weighted by Crippen LogP contribution is 2.39. The molecule has 0 aromatic rings. The molecule has 0 aliphatic carbocycles. The first kappa shape index (κ1) is 13.7. The Labute approximate surface area is 126 Å². The van der Waals surface area contributed by atoms with Gasteiger partial charge < -0.3 is 9.80 Å². The molecule has 21 heavy (non-hydrogen) atoms. The van der Waals surface area contributed by atoms with Crippen LogP contribution in [0.2, 0.25) is 0 Å². The molecule has 3 rings (SSSR count). The second kappa shape index (κ2) is 4.94. The molecule has 4 nitrogen and oxygen atoms in total. The van der Waals surface area contributed by atoms with Crippen LogP contribution in [-0.2, 0) is 0 Å². The van der Waals surface area contributed by atoms with Crippen LogP contribution < -0.4 is 5.32 Å². The lowest BCUT2D eigenvalue weighted by Crippen LogP contribution is -2.59. The van der Waals surface area contributed by atoms with Crippen LogP contribution in [0.3, 0.4) is 0 Å². The summed E-state index contributed by atoms with van der Waals surface area (Å²) < 4.78 is 0. The predicted molar refractivity (Wildman–Crippen MR) is 83.6 cm³/mol. The Balaban J connectivity index is 2.08. The van der Waals surface area contributed by atoms with E-state index in [0.717, 1.165) is 54.2 Å². The Bertz CT molecular complexity index is 644. The van der Waals surface area contributed by atoms with Crippen molar-refractivity contribution >= 4 is 0 Å². The Kier molecular flexibility index (Phi) is 3.23. The molecule has 0 aromatic heterocycles. The molecule has 1 N–H and O–H groups in total. The first-order valence-corrected chi connectivity index (χ1v) is 7.22. The van der Waals surface area contributed by atoms with Gasteiger partial charge in [0.1, 0.15) is 6.07 Å². The van der Waals surface area contributed by atoms with Crippen LogP contribution in [0.25, 0.3) is 0 Å². The van der Waals surface area contributed by atoms with Crippen molar-refractivity contribution in [1.29, 1.82) is 5.26 Å². The van der Waals surface area contributed by atoms with E-state index >= 15 is 0 Å². The fourth-order valence-electron chi connectivity index (χ4n) is 3.25. The van der Waals surface area contributed by atoms with Crippen molar-refractivity contribution in [3.05, 3.63) is 59.6 Å². The van der Waals surface area contributed by atoms with Crippen LogP contribution in [0.4, 0.5) is 0 Å². The number of piperazine rings is 1. The molecular formula is C17H20N4. The summed E-state index contributed by atoms with van der Waals surface area (Å²) in [5, 5.41) is 13.1. The van der Waals surface area contributed by atoms with E-state index in [0.29, 0.717) is 5.57 Å². The molecule has 2 saturated heterocycles. The number of hydrogen-bond acceptors (Lipinski definition) is 4. The molecule has 3 heterocycles. The van der Waals surface area contributed by atoms with Gasteiger partial charge in [-0.25, -0.2) is 0 Å². The lowest BCUT2D eigenvalue weighted by Gasteiger charge is -2.49. The highest BCUT2D eigenvalue weighted by molar-refractivity contribution is 5.65. The third-order valence-electron chi connectivity index (χ3n) is 4.33. The van der Waals surface area contributed by atoms with Gasteiger partial charge in [0.25, 0.3) is 0 Å². The quantitative estimate of drug-likeness (QED) is 0.800. The minimum atomic E-state index is 0.254. The van der Waals surface area contributed by atoms with Crippen LogP contribution in [-0.4, -0.2) is 35.6 Å². The summed E-state index contributed by atoms with van der Waals surface area (Å²) in [5.74, 6) is 0. The van der Waals surface area contributed by atoms with Gasteiger partial charge in [-0.05, 0) is 31.0 Å². The topological polar surface area (TPSA) is 42.3 Å². The minimum Gasteiger partial charge on any atom is -0.353 e. The van der Waals surface area contributed by atoms with Gasteiger partial charge in [-0.2, -0.15) is 5.26 Å². The molecule has 2 fully saturated rings. The Morgan fingerprint density at radius 3 is 2.90 bits per heavy atom. The van der Waals surface area contributed by atoms with Crippen LogP contribution in [0.1, 0.15) is 13.3 Å². The van der Waals surface area contributed by atoms with Gasteiger partial charge in [-0.1, -0.05) is 19.7 Å². The predicted octanol–water partition coefficient (Wildman–Crippen LogP) is 2.24. The maximum Gasteiger partial charge on any atom is 0.102 e. The summed E-state index contributed by atoms with van der Waals surface area (Å²) >= 11 is 0. The van der Waals surface area contributed by atoms with Crippen molar-refractivity contribution in [1.82, 2.24) is 15.1 Å². The average Bonchev–Trinajstić information content (AvgIpc) is 2.47. The minimum absolute atomic E-state index is 0.254. The van der Waals surface area contributed by atoms with E-state index in [1.807, 2.05) is 6.92 Å². The molecule has 3 aliphatic rings. The summed E-state index contributed by atoms with van der Waals surface area (Å²) in [4.78, 5) is 4.39. The van der Waals surface area contributed by atoms with Crippen molar-refractivity contribution in [3.63, 3.8) is 0 Å². The van der Waals surface area contributed by atoms with Crippen molar-refractivity contribution < 1.29 is 0 Å². The molecule has 0 bridgehead atoms. The van der Waals surface area contributed by atoms with Gasteiger partial charge >= 0.3 is 0 Å². The summed E-state index contributed by atoms with van der Waals surface area (Å²) in [6.45, 7) is 17.1. The molecular weight excluding hydrogens is 260 g/mol. The number of hydrogen-bond donors (Lipinski definition) is 1. The number of fused-ring (bicyclic) bond motifs is 2. The van der Waals surface area contributed by atoms with E-state index in [9.17, 15) is 5.26 Å². The largest absolute Gasteiger partial charge is 0.353 e. The second-order valence-corrected chi connectivity index (χ2v) is 5.75. The van der Waals surface area contributed by atoms with Crippen LogP contribution >= 0.6 is 0 Å². The first-order chi connectivity index (χ1) is 10.0. The molecule has 108 valence electrons. The molecule has 1 atom stereocenters. The summed E-state index contributed by atoms with van der Waals surface area (Å²) in [5.41, 5.74) is 5.05. The van der Waals surface area contributed by atoms with Crippen molar-refractivity contribution in [2.75, 3.05) is 19.6 Å². The number of rotatable bonds is 1. The zero-order valence-electron chi connectivity index (χ0n) is 12.4. The highest BCUT2D eigenvalue weighted by Gasteiger charge is 2.37. The maximum absolute atomic E-state index is 9.59. The van der Waals surface area contributed by atoms with Crippen LogP contribution in [0.5, 0.6) is 0 Å². The molecule has 1 unspecified atom stereocenters. The molecule has 0 spiro atoms. The van der Waals surface area contributed by atoms with Gasteiger partial charge in [0, 0.05) is 18.3 Å². The Morgan fingerprint density at radius 2 is 2.24 bits per heavy atom. The van der Waals surface area contributed by atoms with E-state index in [1.54, 1.807) is 0 Å². The second-order valence-electron chi connectivity index (χ2n) is 5.75. The molecule has 0 amide bonds. The van der Waals surface area contributed by atoms with Gasteiger partial charge in [0.15, 0.2) is 0 Å². The zero-order valence-corrected chi connectivity index (χ0v) is 12.4. The van der Waals surface area contributed by atoms with Crippen molar-refractivity contribution in [2.45, 2.75) is 19.5 Å². The maximum atomic E-state index is 9.59.